The van der Waals surface area contributed by atoms with Gasteiger partial charge in [0.15, 0.2) is 0 Å². The molecular formula is C9H8BrF4N. The van der Waals surface area contributed by atoms with Crippen LogP contribution in [0.4, 0.5) is 17.6 Å². The molecule has 0 amide bonds. The minimum atomic E-state index is -4.33. The molecule has 1 nitrogen and oxygen atoms in total. The number of hydrogen-bond donors (Lipinski definition) is 1. The smallest absolute Gasteiger partial charge is 0.324 e. The van der Waals surface area contributed by atoms with Crippen molar-refractivity contribution in [2.75, 3.05) is 0 Å². The van der Waals surface area contributed by atoms with Crippen molar-refractivity contribution in [1.29, 1.82) is 0 Å². The highest BCUT2D eigenvalue weighted by atomic mass is 79.9. The van der Waals surface area contributed by atoms with Crippen LogP contribution < -0.4 is 5.73 Å². The number of alkyl halides is 3. The average molecular weight is 286 g/mol. The van der Waals surface area contributed by atoms with Gasteiger partial charge in [0.2, 0.25) is 0 Å². The van der Waals surface area contributed by atoms with E-state index in [1.54, 1.807) is 0 Å². The summed E-state index contributed by atoms with van der Waals surface area (Å²) in [5, 5.41) is 0. The van der Waals surface area contributed by atoms with Crippen LogP contribution in [-0.2, 0) is 0 Å². The van der Waals surface area contributed by atoms with Crippen LogP contribution in [0.15, 0.2) is 22.7 Å². The quantitative estimate of drug-likeness (QED) is 0.827. The lowest BCUT2D eigenvalue weighted by molar-refractivity contribution is -0.138. The Balaban J connectivity index is 2.87. The zero-order valence-corrected chi connectivity index (χ0v) is 9.07. The Morgan fingerprint density at radius 1 is 1.33 bits per heavy atom. The van der Waals surface area contributed by atoms with Crippen molar-refractivity contribution in [1.82, 2.24) is 0 Å². The molecule has 6 heteroatoms. The van der Waals surface area contributed by atoms with Crippen LogP contribution in [0.3, 0.4) is 0 Å². The molecule has 0 fully saturated rings. The van der Waals surface area contributed by atoms with Gasteiger partial charge < -0.3 is 5.73 Å². The van der Waals surface area contributed by atoms with E-state index in [0.717, 1.165) is 12.1 Å². The van der Waals surface area contributed by atoms with E-state index in [1.165, 1.54) is 6.07 Å². The summed E-state index contributed by atoms with van der Waals surface area (Å²) in [6.07, 6.45) is -5.45. The molecule has 2 N–H and O–H groups in total. The molecular weight excluding hydrogens is 278 g/mol. The highest BCUT2D eigenvalue weighted by Gasteiger charge is 2.31. The van der Waals surface area contributed by atoms with Gasteiger partial charge >= 0.3 is 6.18 Å². The summed E-state index contributed by atoms with van der Waals surface area (Å²) >= 11 is 2.97. The predicted octanol–water partition coefficient (Wildman–Crippen LogP) is 3.54. The number of halogens is 5. The van der Waals surface area contributed by atoms with Crippen molar-refractivity contribution in [3.63, 3.8) is 0 Å². The highest BCUT2D eigenvalue weighted by molar-refractivity contribution is 9.10. The van der Waals surface area contributed by atoms with Crippen molar-refractivity contribution < 1.29 is 17.6 Å². The van der Waals surface area contributed by atoms with Gasteiger partial charge in [0.25, 0.3) is 0 Å². The largest absolute Gasteiger partial charge is 0.390 e. The normalized spacial score (nSPS) is 14.0. The Labute approximate surface area is 92.4 Å². The molecule has 1 atom stereocenters. The lowest BCUT2D eigenvalue weighted by Gasteiger charge is -2.15. The standard InChI is InChI=1S/C9H8BrF4N/c10-7-3-5(11)1-2-6(7)8(15)4-9(12,13)14/h1-3,8H,4,15H2/t8-/m1/s1. The van der Waals surface area contributed by atoms with Crippen LogP contribution in [0, 0.1) is 5.82 Å². The molecule has 0 saturated carbocycles. The molecule has 0 bridgehead atoms. The van der Waals surface area contributed by atoms with Crippen molar-refractivity contribution in [3.8, 4) is 0 Å². The third-order valence-corrected chi connectivity index (χ3v) is 2.50. The van der Waals surface area contributed by atoms with Crippen LogP contribution in [0.2, 0.25) is 0 Å². The van der Waals surface area contributed by atoms with E-state index in [1.807, 2.05) is 0 Å². The molecule has 1 aromatic carbocycles. The van der Waals surface area contributed by atoms with Gasteiger partial charge in [-0.15, -0.1) is 0 Å². The van der Waals surface area contributed by atoms with E-state index in [-0.39, 0.29) is 10.0 Å². The number of nitrogens with two attached hydrogens (primary N) is 1. The van der Waals surface area contributed by atoms with Gasteiger partial charge in [0.05, 0.1) is 6.42 Å². The first-order chi connectivity index (χ1) is 6.79. The van der Waals surface area contributed by atoms with Crippen molar-refractivity contribution in [2.24, 2.45) is 5.73 Å². The van der Waals surface area contributed by atoms with Gasteiger partial charge in [-0.2, -0.15) is 13.2 Å². The molecule has 0 radical (unpaired) electrons. The topological polar surface area (TPSA) is 26.0 Å². The first kappa shape index (κ1) is 12.4. The van der Waals surface area contributed by atoms with Crippen LogP contribution in [0.1, 0.15) is 18.0 Å². The van der Waals surface area contributed by atoms with E-state index in [4.69, 9.17) is 5.73 Å². The monoisotopic (exact) mass is 285 g/mol. The summed E-state index contributed by atoms with van der Waals surface area (Å²) in [6, 6.07) is 2.23. The van der Waals surface area contributed by atoms with E-state index in [9.17, 15) is 17.6 Å². The lowest BCUT2D eigenvalue weighted by atomic mass is 10.0. The zero-order chi connectivity index (χ0) is 11.6. The maximum atomic E-state index is 12.7. The molecule has 0 aliphatic heterocycles. The van der Waals surface area contributed by atoms with Gasteiger partial charge in [-0.3, -0.25) is 0 Å². The summed E-state index contributed by atoms with van der Waals surface area (Å²) < 4.78 is 49.0. The average Bonchev–Trinajstić information content (AvgIpc) is 1.99. The summed E-state index contributed by atoms with van der Waals surface area (Å²) in [6.45, 7) is 0. The summed E-state index contributed by atoms with van der Waals surface area (Å²) in [5.41, 5.74) is 5.60. The van der Waals surface area contributed by atoms with E-state index in [0.29, 0.717) is 0 Å². The Morgan fingerprint density at radius 3 is 2.40 bits per heavy atom. The molecule has 0 saturated heterocycles. The summed E-state index contributed by atoms with van der Waals surface area (Å²) in [5.74, 6) is -0.523. The second-order valence-electron chi connectivity index (χ2n) is 3.09. The Bertz CT molecular complexity index is 350. The van der Waals surface area contributed by atoms with Crippen molar-refractivity contribution >= 4 is 15.9 Å². The molecule has 15 heavy (non-hydrogen) atoms. The Hall–Kier alpha value is -0.620. The van der Waals surface area contributed by atoms with Crippen molar-refractivity contribution in [2.45, 2.75) is 18.6 Å². The minimum Gasteiger partial charge on any atom is -0.324 e. The summed E-state index contributed by atoms with van der Waals surface area (Å²) in [4.78, 5) is 0. The van der Waals surface area contributed by atoms with E-state index >= 15 is 0 Å². The van der Waals surface area contributed by atoms with Gasteiger partial charge in [-0.1, -0.05) is 22.0 Å². The molecule has 1 aromatic rings. The third kappa shape index (κ3) is 3.79. The lowest BCUT2D eigenvalue weighted by Crippen LogP contribution is -2.20. The SMILES string of the molecule is N[C@H](CC(F)(F)F)c1ccc(F)cc1Br. The third-order valence-electron chi connectivity index (χ3n) is 1.81. The molecule has 0 unspecified atom stereocenters. The molecule has 0 heterocycles. The zero-order valence-electron chi connectivity index (χ0n) is 7.48. The minimum absolute atomic E-state index is 0.244. The molecule has 0 spiro atoms. The maximum absolute atomic E-state index is 12.7. The van der Waals surface area contributed by atoms with Crippen LogP contribution in [0.5, 0.6) is 0 Å². The molecule has 0 aliphatic carbocycles. The van der Waals surface area contributed by atoms with Crippen LogP contribution in [-0.4, -0.2) is 6.18 Å². The van der Waals surface area contributed by atoms with Crippen LogP contribution in [0.25, 0.3) is 0 Å². The van der Waals surface area contributed by atoms with Gasteiger partial charge in [-0.05, 0) is 17.7 Å². The molecule has 84 valence electrons. The van der Waals surface area contributed by atoms with E-state index < -0.39 is 24.5 Å². The van der Waals surface area contributed by atoms with E-state index in [2.05, 4.69) is 15.9 Å². The molecule has 0 aliphatic rings. The Morgan fingerprint density at radius 2 is 1.93 bits per heavy atom. The fourth-order valence-corrected chi connectivity index (χ4v) is 1.81. The fourth-order valence-electron chi connectivity index (χ4n) is 1.16. The highest BCUT2D eigenvalue weighted by Crippen LogP contribution is 2.31. The van der Waals surface area contributed by atoms with Gasteiger partial charge in [-0.25, -0.2) is 4.39 Å². The van der Waals surface area contributed by atoms with Crippen molar-refractivity contribution in [3.05, 3.63) is 34.1 Å². The summed E-state index contributed by atoms with van der Waals surface area (Å²) in [7, 11) is 0. The molecule has 1 rings (SSSR count). The second kappa shape index (κ2) is 4.49. The van der Waals surface area contributed by atoms with Crippen LogP contribution >= 0.6 is 15.9 Å². The first-order valence-corrected chi connectivity index (χ1v) is 4.86. The number of hydrogen-bond acceptors (Lipinski definition) is 1. The predicted molar refractivity (Wildman–Crippen MR) is 51.7 cm³/mol. The van der Waals surface area contributed by atoms with Gasteiger partial charge in [0.1, 0.15) is 5.82 Å². The Kier molecular flexibility index (Phi) is 3.72. The second-order valence-corrected chi connectivity index (χ2v) is 3.95. The number of benzene rings is 1. The van der Waals surface area contributed by atoms with Gasteiger partial charge in [0, 0.05) is 10.5 Å². The number of rotatable bonds is 2. The first-order valence-electron chi connectivity index (χ1n) is 4.07. The maximum Gasteiger partial charge on any atom is 0.390 e. The molecule has 0 aromatic heterocycles. The fraction of sp³-hybridized carbons (Fsp3) is 0.333.